The van der Waals surface area contributed by atoms with E-state index >= 15 is 0 Å². The largest absolute Gasteiger partial charge is 0.493 e. The molecular formula is C27H33NO12. The number of hydrogen-bond acceptors (Lipinski definition) is 11. The first kappa shape index (κ1) is 29.3. The van der Waals surface area contributed by atoms with E-state index in [1.54, 1.807) is 12.1 Å². The lowest BCUT2D eigenvalue weighted by Gasteiger charge is -2.58. The molecule has 40 heavy (non-hydrogen) atoms. The van der Waals surface area contributed by atoms with E-state index < -0.39 is 66.0 Å². The third-order valence-corrected chi connectivity index (χ3v) is 8.31. The fraction of sp³-hybridized carbons (Fsp3) is 0.556. The van der Waals surface area contributed by atoms with Crippen LogP contribution in [0.2, 0.25) is 0 Å². The van der Waals surface area contributed by atoms with Gasteiger partial charge in [0, 0.05) is 18.0 Å². The minimum Gasteiger partial charge on any atom is -0.493 e. The van der Waals surface area contributed by atoms with Crippen molar-refractivity contribution in [2.45, 2.75) is 74.9 Å². The van der Waals surface area contributed by atoms with Gasteiger partial charge in [0.25, 0.3) is 0 Å². The Labute approximate surface area is 229 Å². The van der Waals surface area contributed by atoms with Crippen LogP contribution in [0, 0.1) is 6.92 Å². The minimum atomic E-state index is -2.09. The van der Waals surface area contributed by atoms with Gasteiger partial charge in [-0.1, -0.05) is 6.07 Å². The first-order valence-corrected chi connectivity index (χ1v) is 12.8. The SMILES string of the molecule is COc1ccc(C)c2c1O[C@H]1C(OC(=O)C[C@H](OC(=O)C[C@H](O)C(=O)O)C(=O)O)=CC[C@@]3(O)[C@@H](C)N(C)CC[C@]213. The Balaban J connectivity index is 1.63. The number of methoxy groups -OCH3 is 1. The molecule has 1 aromatic rings. The molecule has 3 aliphatic rings. The predicted molar refractivity (Wildman–Crippen MR) is 135 cm³/mol. The van der Waals surface area contributed by atoms with Crippen molar-refractivity contribution < 1.29 is 58.6 Å². The number of rotatable bonds is 9. The molecule has 1 spiro atoms. The van der Waals surface area contributed by atoms with Crippen LogP contribution in [0.15, 0.2) is 24.0 Å². The van der Waals surface area contributed by atoms with E-state index in [1.807, 2.05) is 31.9 Å². The molecule has 0 aromatic heterocycles. The summed E-state index contributed by atoms with van der Waals surface area (Å²) >= 11 is 0. The Bertz CT molecular complexity index is 1260. The van der Waals surface area contributed by atoms with Gasteiger partial charge in [0.05, 0.1) is 31.0 Å². The summed E-state index contributed by atoms with van der Waals surface area (Å²) < 4.78 is 22.3. The predicted octanol–water partition coefficient (Wildman–Crippen LogP) is 0.510. The number of hydrogen-bond donors (Lipinski definition) is 4. The molecule has 2 aliphatic heterocycles. The molecule has 0 radical (unpaired) electrons. The van der Waals surface area contributed by atoms with E-state index in [1.165, 1.54) is 7.11 Å². The zero-order valence-electron chi connectivity index (χ0n) is 22.6. The number of aliphatic hydroxyl groups excluding tert-OH is 1. The summed E-state index contributed by atoms with van der Waals surface area (Å²) in [5.41, 5.74) is -0.701. The van der Waals surface area contributed by atoms with Gasteiger partial charge in [-0.25, -0.2) is 9.59 Å². The summed E-state index contributed by atoms with van der Waals surface area (Å²) in [5, 5.41) is 39.8. The van der Waals surface area contributed by atoms with E-state index in [0.29, 0.717) is 24.5 Å². The maximum absolute atomic E-state index is 12.9. The quantitative estimate of drug-likeness (QED) is 0.304. The highest BCUT2D eigenvalue weighted by atomic mass is 16.6. The van der Waals surface area contributed by atoms with Crippen LogP contribution in [0.4, 0.5) is 0 Å². The van der Waals surface area contributed by atoms with Crippen molar-refractivity contribution in [1.82, 2.24) is 4.90 Å². The van der Waals surface area contributed by atoms with Gasteiger partial charge in [-0.2, -0.15) is 0 Å². The summed E-state index contributed by atoms with van der Waals surface area (Å²) in [6.45, 7) is 4.43. The summed E-state index contributed by atoms with van der Waals surface area (Å²) in [7, 11) is 3.42. The lowest BCUT2D eigenvalue weighted by atomic mass is 9.54. The van der Waals surface area contributed by atoms with Crippen LogP contribution < -0.4 is 9.47 Å². The highest BCUT2D eigenvalue weighted by Gasteiger charge is 2.69. The molecule has 2 heterocycles. The number of ether oxygens (including phenoxy) is 4. The molecule has 13 heteroatoms. The number of likely N-dealkylation sites (tertiary alicyclic amines) is 1. The van der Waals surface area contributed by atoms with Gasteiger partial charge < -0.3 is 44.3 Å². The zero-order valence-corrected chi connectivity index (χ0v) is 22.6. The third kappa shape index (κ3) is 4.67. The second-order valence-electron chi connectivity index (χ2n) is 10.5. The number of piperidine rings is 1. The molecule has 4 N–H and O–H groups in total. The van der Waals surface area contributed by atoms with Crippen molar-refractivity contribution in [1.29, 1.82) is 0 Å². The van der Waals surface area contributed by atoms with Crippen molar-refractivity contribution in [2.75, 3.05) is 20.7 Å². The molecule has 0 saturated carbocycles. The molecule has 1 aliphatic carbocycles. The Morgan fingerprint density at radius 3 is 2.48 bits per heavy atom. The van der Waals surface area contributed by atoms with Crippen molar-refractivity contribution in [3.8, 4) is 11.5 Å². The molecule has 218 valence electrons. The molecule has 6 atom stereocenters. The van der Waals surface area contributed by atoms with Crippen molar-refractivity contribution >= 4 is 23.9 Å². The second-order valence-corrected chi connectivity index (χ2v) is 10.5. The number of aryl methyl sites for hydroxylation is 1. The van der Waals surface area contributed by atoms with Crippen LogP contribution in [0.5, 0.6) is 11.5 Å². The molecular weight excluding hydrogens is 530 g/mol. The Morgan fingerprint density at radius 1 is 1.15 bits per heavy atom. The molecule has 1 saturated heterocycles. The van der Waals surface area contributed by atoms with Crippen molar-refractivity contribution in [3.05, 3.63) is 35.1 Å². The fourth-order valence-electron chi connectivity index (χ4n) is 6.11. The smallest absolute Gasteiger partial charge is 0.345 e. The topological polar surface area (TPSA) is 189 Å². The monoisotopic (exact) mass is 563 g/mol. The number of benzene rings is 1. The van der Waals surface area contributed by atoms with E-state index in [0.717, 1.165) is 11.1 Å². The maximum atomic E-state index is 12.9. The first-order chi connectivity index (χ1) is 18.8. The molecule has 13 nitrogen and oxygen atoms in total. The van der Waals surface area contributed by atoms with Crippen LogP contribution in [0.3, 0.4) is 0 Å². The lowest BCUT2D eigenvalue weighted by molar-refractivity contribution is -0.172. The molecule has 1 aromatic carbocycles. The normalized spacial score (nSPS) is 28.5. The molecule has 0 amide bonds. The standard InChI is InChI=1S/C27H33NO12/c1-13-5-6-16(37-4)22-21(13)26-9-10-28(3)14(2)27(26,36)8-7-17(23(26)40-22)38-20(31)12-18(25(34)35)39-19(30)11-15(29)24(32)33/h5-7,14-15,18,23,29,36H,8-12H2,1-4H3,(H,32,33)(H,34,35)/t14-,15+,18+,23+,26+,27-/m1/s1. The van der Waals surface area contributed by atoms with Crippen LogP contribution in [0.1, 0.15) is 43.7 Å². The highest BCUT2D eigenvalue weighted by Crippen LogP contribution is 2.62. The Hall–Kier alpha value is -3.68. The number of nitrogens with zero attached hydrogens (tertiary/aromatic N) is 1. The van der Waals surface area contributed by atoms with Crippen LogP contribution in [-0.4, -0.2) is 99.9 Å². The fourth-order valence-corrected chi connectivity index (χ4v) is 6.11. The number of aliphatic hydroxyl groups is 2. The van der Waals surface area contributed by atoms with Crippen LogP contribution in [0.25, 0.3) is 0 Å². The van der Waals surface area contributed by atoms with Crippen molar-refractivity contribution in [2.24, 2.45) is 0 Å². The number of carboxylic acid groups (broad SMARTS) is 2. The van der Waals surface area contributed by atoms with Gasteiger partial charge >= 0.3 is 23.9 Å². The van der Waals surface area contributed by atoms with E-state index in [9.17, 15) is 34.5 Å². The third-order valence-electron chi connectivity index (χ3n) is 8.31. The van der Waals surface area contributed by atoms with Crippen LogP contribution in [-0.2, 0) is 34.1 Å². The number of fused-ring (bicyclic) bond motifs is 1. The van der Waals surface area contributed by atoms with E-state index in [4.69, 9.17) is 24.1 Å². The van der Waals surface area contributed by atoms with Gasteiger partial charge in [-0.3, -0.25) is 9.59 Å². The number of carboxylic acids is 2. The summed E-state index contributed by atoms with van der Waals surface area (Å²) in [6.07, 6.45) is -4.77. The molecule has 0 bridgehead atoms. The molecule has 4 rings (SSSR count). The summed E-state index contributed by atoms with van der Waals surface area (Å²) in [6, 6.07) is 3.33. The van der Waals surface area contributed by atoms with Gasteiger partial charge in [0.15, 0.2) is 23.7 Å². The van der Waals surface area contributed by atoms with Gasteiger partial charge in [-0.15, -0.1) is 0 Å². The molecule has 0 unspecified atom stereocenters. The maximum Gasteiger partial charge on any atom is 0.345 e. The Morgan fingerprint density at radius 2 is 1.85 bits per heavy atom. The zero-order chi connectivity index (χ0) is 29.6. The lowest BCUT2D eigenvalue weighted by Crippen LogP contribution is -2.71. The van der Waals surface area contributed by atoms with E-state index in [-0.39, 0.29) is 18.2 Å². The average molecular weight is 564 g/mol. The summed E-state index contributed by atoms with van der Waals surface area (Å²) in [4.78, 5) is 49.3. The number of esters is 2. The molecule has 1 fully saturated rings. The second kappa shape index (κ2) is 10.7. The van der Waals surface area contributed by atoms with Crippen LogP contribution >= 0.6 is 0 Å². The number of carbonyl (C=O) groups is 4. The number of aliphatic carboxylic acids is 2. The number of carbonyl (C=O) groups excluding carboxylic acids is 2. The highest BCUT2D eigenvalue weighted by molar-refractivity contribution is 5.85. The van der Waals surface area contributed by atoms with Gasteiger partial charge in [-0.05, 0) is 51.6 Å². The van der Waals surface area contributed by atoms with Gasteiger partial charge in [0.2, 0.25) is 6.10 Å². The van der Waals surface area contributed by atoms with Crippen molar-refractivity contribution in [3.63, 3.8) is 0 Å². The minimum absolute atomic E-state index is 0.0841. The summed E-state index contributed by atoms with van der Waals surface area (Å²) in [5.74, 6) is -4.74. The van der Waals surface area contributed by atoms with E-state index in [2.05, 4.69) is 0 Å². The Kier molecular flexibility index (Phi) is 7.85. The number of likely N-dealkylation sites (N-methyl/N-ethyl adjacent to an activating group) is 1. The first-order valence-electron chi connectivity index (χ1n) is 12.8. The average Bonchev–Trinajstić information content (AvgIpc) is 3.25. The van der Waals surface area contributed by atoms with Gasteiger partial charge in [0.1, 0.15) is 5.76 Å².